The summed E-state index contributed by atoms with van der Waals surface area (Å²) in [6.07, 6.45) is -4.04. The number of nitrogens with zero attached hydrogens (tertiary/aromatic N) is 3. The summed E-state index contributed by atoms with van der Waals surface area (Å²) in [5.74, 6) is -1.95. The predicted molar refractivity (Wildman–Crippen MR) is 81.2 cm³/mol. The molecule has 10 heteroatoms. The van der Waals surface area contributed by atoms with Crippen molar-refractivity contribution < 1.29 is 32.1 Å². The molecule has 140 valence electrons. The molecule has 26 heavy (non-hydrogen) atoms. The molecule has 1 aliphatic heterocycles. The third-order valence-corrected chi connectivity index (χ3v) is 3.95. The summed E-state index contributed by atoms with van der Waals surface area (Å²) >= 11 is 0. The zero-order valence-electron chi connectivity index (χ0n) is 13.8. The van der Waals surface area contributed by atoms with E-state index in [-0.39, 0.29) is 24.2 Å². The molecule has 1 atom stereocenters. The zero-order chi connectivity index (χ0) is 18.7. The van der Waals surface area contributed by atoms with Gasteiger partial charge in [0.05, 0.1) is 26.2 Å². The normalized spacial score (nSPS) is 17.5. The molecular weight excluding hydrogens is 355 g/mol. The second kappa shape index (κ2) is 7.42. The van der Waals surface area contributed by atoms with Crippen molar-refractivity contribution in [3.05, 3.63) is 35.7 Å². The molecule has 1 amide bonds. The highest BCUT2D eigenvalue weighted by Gasteiger charge is 2.38. The Labute approximate surface area is 146 Å². The van der Waals surface area contributed by atoms with Crippen molar-refractivity contribution in [3.8, 4) is 11.4 Å². The number of rotatable bonds is 5. The van der Waals surface area contributed by atoms with Gasteiger partial charge in [-0.25, -0.2) is 5.06 Å². The lowest BCUT2D eigenvalue weighted by Crippen LogP contribution is -2.35. The summed E-state index contributed by atoms with van der Waals surface area (Å²) in [4.78, 5) is 20.8. The van der Waals surface area contributed by atoms with E-state index in [1.54, 1.807) is 24.3 Å². The summed E-state index contributed by atoms with van der Waals surface area (Å²) in [5, 5.41) is 4.57. The van der Waals surface area contributed by atoms with Gasteiger partial charge >= 0.3 is 12.1 Å². The molecule has 1 saturated heterocycles. The van der Waals surface area contributed by atoms with Crippen LogP contribution >= 0.6 is 0 Å². The van der Waals surface area contributed by atoms with Gasteiger partial charge in [0.15, 0.2) is 0 Å². The fraction of sp³-hybridized carbons (Fsp3) is 0.438. The van der Waals surface area contributed by atoms with Gasteiger partial charge in [-0.15, -0.1) is 0 Å². The Morgan fingerprint density at radius 3 is 2.62 bits per heavy atom. The molecule has 2 heterocycles. The molecule has 0 radical (unpaired) electrons. The Kier molecular flexibility index (Phi) is 5.23. The second-order valence-electron chi connectivity index (χ2n) is 5.74. The first kappa shape index (κ1) is 18.3. The number of hydrogen-bond donors (Lipinski definition) is 0. The highest BCUT2D eigenvalue weighted by Crippen LogP contribution is 2.29. The minimum atomic E-state index is -4.69. The van der Waals surface area contributed by atoms with Crippen molar-refractivity contribution in [2.45, 2.75) is 19.1 Å². The van der Waals surface area contributed by atoms with Crippen molar-refractivity contribution >= 4 is 5.91 Å². The van der Waals surface area contributed by atoms with Crippen molar-refractivity contribution in [3.63, 3.8) is 0 Å². The number of alkyl halides is 3. The first-order valence-electron chi connectivity index (χ1n) is 7.82. The molecular formula is C16H16F3N3O4. The average molecular weight is 371 g/mol. The van der Waals surface area contributed by atoms with Crippen LogP contribution in [0.2, 0.25) is 0 Å². The van der Waals surface area contributed by atoms with Crippen LogP contribution in [0.4, 0.5) is 13.2 Å². The van der Waals surface area contributed by atoms with Gasteiger partial charge in [0.1, 0.15) is 0 Å². The number of benzene rings is 1. The summed E-state index contributed by atoms with van der Waals surface area (Å²) in [5.41, 5.74) is 1.11. The molecule has 1 fully saturated rings. The first-order chi connectivity index (χ1) is 12.4. The first-order valence-corrected chi connectivity index (χ1v) is 7.82. The number of ether oxygens (including phenoxy) is 1. The summed E-state index contributed by atoms with van der Waals surface area (Å²) < 4.78 is 47.0. The molecule has 0 spiro atoms. The fourth-order valence-electron chi connectivity index (χ4n) is 2.55. The molecule has 7 nitrogen and oxygen atoms in total. The average Bonchev–Trinajstić information content (AvgIpc) is 3.30. The molecule has 3 rings (SSSR count). The number of halogens is 3. The van der Waals surface area contributed by atoms with Crippen LogP contribution in [0, 0.1) is 5.92 Å². The number of amides is 1. The lowest BCUT2D eigenvalue weighted by Gasteiger charge is -2.22. The Hall–Kier alpha value is -2.46. The third-order valence-electron chi connectivity index (χ3n) is 3.95. The van der Waals surface area contributed by atoms with Crippen LogP contribution < -0.4 is 0 Å². The molecule has 0 bridgehead atoms. The van der Waals surface area contributed by atoms with Crippen LogP contribution in [-0.2, 0) is 27.1 Å². The van der Waals surface area contributed by atoms with Crippen LogP contribution in [0.15, 0.2) is 28.8 Å². The van der Waals surface area contributed by atoms with Gasteiger partial charge in [-0.3, -0.25) is 9.63 Å². The van der Waals surface area contributed by atoms with Crippen LogP contribution in [0.3, 0.4) is 0 Å². The van der Waals surface area contributed by atoms with E-state index >= 15 is 0 Å². The van der Waals surface area contributed by atoms with E-state index in [0.29, 0.717) is 25.2 Å². The van der Waals surface area contributed by atoms with Crippen LogP contribution in [0.1, 0.15) is 17.9 Å². The van der Waals surface area contributed by atoms with Gasteiger partial charge in [-0.1, -0.05) is 29.4 Å². The van der Waals surface area contributed by atoms with Crippen molar-refractivity contribution in [1.82, 2.24) is 15.2 Å². The van der Waals surface area contributed by atoms with Crippen LogP contribution in [-0.4, -0.2) is 41.4 Å². The lowest BCUT2D eigenvalue weighted by molar-refractivity contribution is -0.183. The maximum atomic E-state index is 12.5. The Bertz CT molecular complexity index is 755. The molecule has 1 aromatic heterocycles. The molecule has 0 aliphatic carbocycles. The highest BCUT2D eigenvalue weighted by molar-refractivity contribution is 5.78. The van der Waals surface area contributed by atoms with E-state index < -0.39 is 12.1 Å². The highest BCUT2D eigenvalue weighted by atomic mass is 19.4. The maximum absolute atomic E-state index is 12.5. The molecule has 2 aromatic rings. The topological polar surface area (TPSA) is 77.7 Å². The maximum Gasteiger partial charge on any atom is 0.471 e. The predicted octanol–water partition coefficient (Wildman–Crippen LogP) is 2.68. The number of hydrogen-bond acceptors (Lipinski definition) is 6. The number of carbonyl (C=O) groups excluding carboxylic acids is 1. The SMILES string of the molecule is CON(Cc1ccc(-c2noc(C(F)(F)F)n2)cc1)C(=O)C1CCOC1. The summed E-state index contributed by atoms with van der Waals surface area (Å²) in [7, 11) is 1.40. The van der Waals surface area contributed by atoms with E-state index in [2.05, 4.69) is 14.7 Å². The smallest absolute Gasteiger partial charge is 0.381 e. The Balaban J connectivity index is 1.68. The third kappa shape index (κ3) is 4.02. The largest absolute Gasteiger partial charge is 0.471 e. The van der Waals surface area contributed by atoms with Crippen molar-refractivity contribution in [2.75, 3.05) is 20.3 Å². The fourth-order valence-corrected chi connectivity index (χ4v) is 2.55. The summed E-state index contributed by atoms with van der Waals surface area (Å²) in [6.45, 7) is 1.12. The quantitative estimate of drug-likeness (QED) is 0.752. The van der Waals surface area contributed by atoms with Crippen LogP contribution in [0.25, 0.3) is 11.4 Å². The molecule has 0 saturated carbocycles. The lowest BCUT2D eigenvalue weighted by atomic mass is 10.1. The van der Waals surface area contributed by atoms with Crippen LogP contribution in [0.5, 0.6) is 0 Å². The molecule has 1 aromatic carbocycles. The van der Waals surface area contributed by atoms with E-state index in [9.17, 15) is 18.0 Å². The molecule has 1 aliphatic rings. The molecule has 0 N–H and O–H groups in total. The zero-order valence-corrected chi connectivity index (χ0v) is 13.8. The Morgan fingerprint density at radius 2 is 2.08 bits per heavy atom. The van der Waals surface area contributed by atoms with Gasteiger partial charge in [0.2, 0.25) is 5.82 Å². The van der Waals surface area contributed by atoms with Gasteiger partial charge in [0, 0.05) is 12.2 Å². The van der Waals surface area contributed by atoms with E-state index in [0.717, 1.165) is 5.56 Å². The van der Waals surface area contributed by atoms with Gasteiger partial charge in [0.25, 0.3) is 5.91 Å². The van der Waals surface area contributed by atoms with Crippen molar-refractivity contribution in [2.24, 2.45) is 5.92 Å². The number of aromatic nitrogens is 2. The summed E-state index contributed by atoms with van der Waals surface area (Å²) in [6, 6.07) is 6.42. The van der Waals surface area contributed by atoms with E-state index in [4.69, 9.17) is 9.57 Å². The standard InChI is InChI=1S/C16H16F3N3O4/c1-24-22(14(23)12-6-7-25-9-12)8-10-2-4-11(5-3-10)13-20-15(26-21-13)16(17,18)19/h2-5,12H,6-9H2,1H3. The monoisotopic (exact) mass is 371 g/mol. The number of carbonyl (C=O) groups is 1. The van der Waals surface area contributed by atoms with Gasteiger partial charge < -0.3 is 9.26 Å². The van der Waals surface area contributed by atoms with Crippen molar-refractivity contribution in [1.29, 1.82) is 0 Å². The Morgan fingerprint density at radius 1 is 1.35 bits per heavy atom. The minimum Gasteiger partial charge on any atom is -0.381 e. The van der Waals surface area contributed by atoms with Gasteiger partial charge in [-0.05, 0) is 12.0 Å². The second-order valence-corrected chi connectivity index (χ2v) is 5.74. The molecule has 1 unspecified atom stereocenters. The van der Waals surface area contributed by atoms with E-state index in [1.807, 2.05) is 0 Å². The van der Waals surface area contributed by atoms with Gasteiger partial charge in [-0.2, -0.15) is 18.2 Å². The minimum absolute atomic E-state index is 0.161. The number of hydroxylamine groups is 2. The van der Waals surface area contributed by atoms with E-state index in [1.165, 1.54) is 12.2 Å².